The van der Waals surface area contributed by atoms with Crippen LogP contribution >= 0.6 is 0 Å². The summed E-state index contributed by atoms with van der Waals surface area (Å²) in [5.41, 5.74) is 3.51. The molecule has 24 heavy (non-hydrogen) atoms. The van der Waals surface area contributed by atoms with E-state index in [0.29, 0.717) is 13.2 Å². The Morgan fingerprint density at radius 2 is 2.29 bits per heavy atom. The summed E-state index contributed by atoms with van der Waals surface area (Å²) in [4.78, 5) is 12.1. The van der Waals surface area contributed by atoms with Gasteiger partial charge in [-0.25, -0.2) is 4.79 Å². The van der Waals surface area contributed by atoms with Crippen LogP contribution < -0.4 is 15.4 Å². The van der Waals surface area contributed by atoms with Crippen molar-refractivity contribution >= 4 is 6.03 Å². The van der Waals surface area contributed by atoms with E-state index >= 15 is 0 Å². The maximum atomic E-state index is 12.1. The van der Waals surface area contributed by atoms with Crippen LogP contribution in [0.4, 0.5) is 4.79 Å². The number of benzene rings is 1. The molecule has 3 rings (SSSR count). The Hall–Kier alpha value is -2.50. The summed E-state index contributed by atoms with van der Waals surface area (Å²) in [7, 11) is 0. The van der Waals surface area contributed by atoms with Gasteiger partial charge in [0.1, 0.15) is 5.75 Å². The van der Waals surface area contributed by atoms with Gasteiger partial charge in [0.05, 0.1) is 12.8 Å². The summed E-state index contributed by atoms with van der Waals surface area (Å²) in [5, 5.41) is 13.0. The van der Waals surface area contributed by atoms with E-state index in [-0.39, 0.29) is 12.1 Å². The number of H-pyrrole nitrogens is 1. The highest BCUT2D eigenvalue weighted by Gasteiger charge is 2.21. The average Bonchev–Trinajstić information content (AvgIpc) is 3.04. The lowest BCUT2D eigenvalue weighted by molar-refractivity contribution is 0.235. The van der Waals surface area contributed by atoms with Gasteiger partial charge in [0.25, 0.3) is 0 Å². The lowest BCUT2D eigenvalue weighted by atomic mass is 9.94. The molecular weight excluding hydrogens is 304 g/mol. The Labute approximate surface area is 142 Å². The number of hydrogen-bond donors (Lipinski definition) is 3. The highest BCUT2D eigenvalue weighted by Crippen LogP contribution is 2.19. The Morgan fingerprint density at radius 1 is 1.42 bits per heavy atom. The monoisotopic (exact) mass is 328 g/mol. The third kappa shape index (κ3) is 4.07. The number of aromatic nitrogens is 2. The van der Waals surface area contributed by atoms with E-state index < -0.39 is 0 Å². The van der Waals surface area contributed by atoms with Crippen molar-refractivity contribution in [2.45, 2.75) is 38.6 Å². The number of aryl methyl sites for hydroxylation is 1. The predicted octanol–water partition coefficient (Wildman–Crippen LogP) is 2.21. The van der Waals surface area contributed by atoms with E-state index in [1.807, 2.05) is 37.4 Å². The first-order chi connectivity index (χ1) is 11.8. The molecular formula is C18H24N4O2. The molecule has 1 unspecified atom stereocenters. The first-order valence-electron chi connectivity index (χ1n) is 8.52. The molecule has 1 heterocycles. The SMILES string of the molecule is CCOc1ccccc1CCNC(=O)NC1CCc2cn[nH]c2C1. The van der Waals surface area contributed by atoms with Crippen LogP contribution in [0.5, 0.6) is 5.75 Å². The molecule has 0 bridgehead atoms. The number of amides is 2. The molecule has 6 nitrogen and oxygen atoms in total. The number of urea groups is 1. The summed E-state index contributed by atoms with van der Waals surface area (Å²) < 4.78 is 5.60. The number of ether oxygens (including phenoxy) is 1. The summed E-state index contributed by atoms with van der Waals surface area (Å²) in [5.74, 6) is 0.890. The molecule has 128 valence electrons. The van der Waals surface area contributed by atoms with Crippen molar-refractivity contribution in [3.8, 4) is 5.75 Å². The number of hydrogen-bond acceptors (Lipinski definition) is 3. The highest BCUT2D eigenvalue weighted by molar-refractivity contribution is 5.74. The number of nitrogens with one attached hydrogen (secondary N) is 3. The Kier molecular flexibility index (Phi) is 5.36. The summed E-state index contributed by atoms with van der Waals surface area (Å²) >= 11 is 0. The predicted molar refractivity (Wildman–Crippen MR) is 92.3 cm³/mol. The highest BCUT2D eigenvalue weighted by atomic mass is 16.5. The van der Waals surface area contributed by atoms with Crippen LogP contribution in [0.25, 0.3) is 0 Å². The normalized spacial score (nSPS) is 16.3. The number of nitrogens with zero attached hydrogens (tertiary/aromatic N) is 1. The zero-order valence-corrected chi connectivity index (χ0v) is 14.0. The lowest BCUT2D eigenvalue weighted by Gasteiger charge is -2.23. The van der Waals surface area contributed by atoms with Crippen LogP contribution in [0.3, 0.4) is 0 Å². The lowest BCUT2D eigenvalue weighted by Crippen LogP contribution is -2.45. The minimum atomic E-state index is -0.114. The van der Waals surface area contributed by atoms with Crippen molar-refractivity contribution in [1.82, 2.24) is 20.8 Å². The first kappa shape index (κ1) is 16.4. The first-order valence-corrected chi connectivity index (χ1v) is 8.52. The molecule has 2 aromatic rings. The van der Waals surface area contributed by atoms with Crippen molar-refractivity contribution in [2.75, 3.05) is 13.2 Å². The number of carbonyl (C=O) groups is 1. The van der Waals surface area contributed by atoms with E-state index in [1.54, 1.807) is 0 Å². The van der Waals surface area contributed by atoms with Crippen LogP contribution in [0, 0.1) is 0 Å². The van der Waals surface area contributed by atoms with Crippen molar-refractivity contribution in [3.63, 3.8) is 0 Å². The van der Waals surface area contributed by atoms with Gasteiger partial charge in [-0.2, -0.15) is 5.10 Å². The average molecular weight is 328 g/mol. The summed E-state index contributed by atoms with van der Waals surface area (Å²) in [6, 6.07) is 7.99. The van der Waals surface area contributed by atoms with E-state index in [2.05, 4.69) is 20.8 Å². The van der Waals surface area contributed by atoms with Crippen molar-refractivity contribution in [3.05, 3.63) is 47.3 Å². The minimum Gasteiger partial charge on any atom is -0.494 e. The zero-order chi connectivity index (χ0) is 16.8. The van der Waals surface area contributed by atoms with Gasteiger partial charge in [0.2, 0.25) is 0 Å². The number of rotatable bonds is 6. The van der Waals surface area contributed by atoms with Crippen LogP contribution in [-0.4, -0.2) is 35.4 Å². The number of aromatic amines is 1. The molecule has 0 saturated heterocycles. The number of fused-ring (bicyclic) bond motifs is 1. The summed E-state index contributed by atoms with van der Waals surface area (Å²) in [6.07, 6.45) is 5.35. The Balaban J connectivity index is 1.43. The molecule has 0 aliphatic heterocycles. The third-order valence-electron chi connectivity index (χ3n) is 4.31. The second kappa shape index (κ2) is 7.86. The zero-order valence-electron chi connectivity index (χ0n) is 14.0. The topological polar surface area (TPSA) is 79.0 Å². The van der Waals surface area contributed by atoms with Crippen LogP contribution in [0.1, 0.15) is 30.2 Å². The molecule has 6 heteroatoms. The minimum absolute atomic E-state index is 0.114. The largest absolute Gasteiger partial charge is 0.494 e. The van der Waals surface area contributed by atoms with Crippen LogP contribution in [0.15, 0.2) is 30.5 Å². The second-order valence-electron chi connectivity index (χ2n) is 6.00. The van der Waals surface area contributed by atoms with Gasteiger partial charge in [-0.05, 0) is 43.4 Å². The van der Waals surface area contributed by atoms with E-state index in [0.717, 1.165) is 42.7 Å². The van der Waals surface area contributed by atoms with Crippen LogP contribution in [0.2, 0.25) is 0 Å². The van der Waals surface area contributed by atoms with Crippen molar-refractivity contribution in [2.24, 2.45) is 0 Å². The summed E-state index contributed by atoms with van der Waals surface area (Å²) in [6.45, 7) is 3.19. The second-order valence-corrected chi connectivity index (χ2v) is 6.00. The van der Waals surface area contributed by atoms with Gasteiger partial charge in [-0.3, -0.25) is 5.10 Å². The Morgan fingerprint density at radius 3 is 3.17 bits per heavy atom. The third-order valence-corrected chi connectivity index (χ3v) is 4.31. The van der Waals surface area contributed by atoms with E-state index in [1.165, 1.54) is 5.56 Å². The standard InChI is InChI=1S/C18H24N4O2/c1-2-24-17-6-4-3-5-13(17)9-10-19-18(23)21-15-8-7-14-12-20-22-16(14)11-15/h3-6,12,15H,2,7-11H2,1H3,(H,20,22)(H2,19,21,23). The molecule has 0 saturated carbocycles. The van der Waals surface area contributed by atoms with Crippen LogP contribution in [-0.2, 0) is 19.3 Å². The van der Waals surface area contributed by atoms with Gasteiger partial charge in [-0.1, -0.05) is 18.2 Å². The van der Waals surface area contributed by atoms with Gasteiger partial charge >= 0.3 is 6.03 Å². The Bertz CT molecular complexity index is 683. The number of para-hydroxylation sites is 1. The molecule has 1 aliphatic rings. The quantitative estimate of drug-likeness (QED) is 0.761. The fourth-order valence-electron chi connectivity index (χ4n) is 3.09. The van der Waals surface area contributed by atoms with Gasteiger partial charge in [0.15, 0.2) is 0 Å². The molecule has 0 fully saturated rings. The number of carbonyl (C=O) groups excluding carboxylic acids is 1. The fourth-order valence-corrected chi connectivity index (χ4v) is 3.09. The molecule has 1 aliphatic carbocycles. The van der Waals surface area contributed by atoms with E-state index in [9.17, 15) is 4.79 Å². The van der Waals surface area contributed by atoms with E-state index in [4.69, 9.17) is 4.74 Å². The maximum Gasteiger partial charge on any atom is 0.315 e. The molecule has 0 radical (unpaired) electrons. The molecule has 2 amide bonds. The van der Waals surface area contributed by atoms with Crippen molar-refractivity contribution in [1.29, 1.82) is 0 Å². The molecule has 1 aromatic carbocycles. The van der Waals surface area contributed by atoms with Crippen molar-refractivity contribution < 1.29 is 9.53 Å². The molecule has 1 atom stereocenters. The van der Waals surface area contributed by atoms with Gasteiger partial charge in [0, 0.05) is 24.7 Å². The van der Waals surface area contributed by atoms with Gasteiger partial charge < -0.3 is 15.4 Å². The molecule has 0 spiro atoms. The van der Waals surface area contributed by atoms with Gasteiger partial charge in [-0.15, -0.1) is 0 Å². The molecule has 3 N–H and O–H groups in total. The smallest absolute Gasteiger partial charge is 0.315 e. The maximum absolute atomic E-state index is 12.1. The fraction of sp³-hybridized carbons (Fsp3) is 0.444. The molecule has 1 aromatic heterocycles.